The molecule has 2 saturated carbocycles. The van der Waals surface area contributed by atoms with Gasteiger partial charge in [-0.15, -0.1) is 0 Å². The predicted molar refractivity (Wildman–Crippen MR) is 134 cm³/mol. The molecule has 228 valence electrons. The summed E-state index contributed by atoms with van der Waals surface area (Å²) in [6, 6.07) is -0.858. The normalized spacial score (nSPS) is 29.1. The van der Waals surface area contributed by atoms with Crippen LogP contribution in [0.25, 0.3) is 0 Å². The fraction of sp³-hybridized carbons (Fsp3) is 0.889. The van der Waals surface area contributed by atoms with E-state index in [2.05, 4.69) is 10.2 Å². The maximum absolute atomic E-state index is 13.5. The van der Waals surface area contributed by atoms with E-state index in [-0.39, 0.29) is 36.3 Å². The number of likely N-dealkylation sites (tertiary alicyclic amines) is 1. The zero-order chi connectivity index (χ0) is 29.2. The molecule has 40 heavy (non-hydrogen) atoms. The van der Waals surface area contributed by atoms with Crippen molar-refractivity contribution >= 4 is 17.8 Å². The molecule has 2 heterocycles. The number of carbonyl (C=O) groups excluding carboxylic acids is 3. The van der Waals surface area contributed by atoms with Crippen LogP contribution in [0.2, 0.25) is 0 Å². The summed E-state index contributed by atoms with van der Waals surface area (Å²) in [6.45, 7) is 3.05. The quantitative estimate of drug-likeness (QED) is 0.450. The topological polar surface area (TPSA) is 73.0 Å². The van der Waals surface area contributed by atoms with Gasteiger partial charge in [0.1, 0.15) is 0 Å². The van der Waals surface area contributed by atoms with E-state index in [1.54, 1.807) is 4.90 Å². The molecule has 2 aliphatic heterocycles. The van der Waals surface area contributed by atoms with Crippen molar-refractivity contribution in [1.82, 2.24) is 20.0 Å². The Hall–Kier alpha value is -2.05. The van der Waals surface area contributed by atoms with Crippen molar-refractivity contribution in [2.24, 2.45) is 23.7 Å². The van der Waals surface area contributed by atoms with E-state index in [0.29, 0.717) is 39.0 Å². The number of hydrogen-bond acceptors (Lipinski definition) is 4. The van der Waals surface area contributed by atoms with Crippen LogP contribution in [0.4, 0.5) is 31.1 Å². The van der Waals surface area contributed by atoms with Crippen LogP contribution in [0, 0.1) is 23.7 Å². The summed E-state index contributed by atoms with van der Waals surface area (Å²) in [5.41, 5.74) is 0. The Bertz CT molecular complexity index is 893. The lowest BCUT2D eigenvalue weighted by atomic mass is 9.74. The zero-order valence-electron chi connectivity index (χ0n) is 22.9. The van der Waals surface area contributed by atoms with Crippen LogP contribution in [-0.4, -0.2) is 89.7 Å². The molecule has 4 rings (SSSR count). The molecule has 3 unspecified atom stereocenters. The van der Waals surface area contributed by atoms with Gasteiger partial charge in [-0.05, 0) is 56.8 Å². The lowest BCUT2D eigenvalue weighted by Gasteiger charge is -2.43. The summed E-state index contributed by atoms with van der Waals surface area (Å²) >= 11 is 0. The second-order valence-electron chi connectivity index (χ2n) is 12.1. The van der Waals surface area contributed by atoms with Gasteiger partial charge in [-0.25, -0.2) is 4.79 Å². The van der Waals surface area contributed by atoms with Crippen molar-refractivity contribution in [3.05, 3.63) is 0 Å². The first-order valence-corrected chi connectivity index (χ1v) is 14.5. The number of halogens is 6. The summed E-state index contributed by atoms with van der Waals surface area (Å²) < 4.78 is 80.5. The maximum Gasteiger partial charge on any atom is 0.391 e. The van der Waals surface area contributed by atoms with Crippen LogP contribution < -0.4 is 5.32 Å². The lowest BCUT2D eigenvalue weighted by molar-refractivity contribution is -0.228. The maximum atomic E-state index is 13.5. The molecule has 4 aliphatic rings. The third-order valence-electron chi connectivity index (χ3n) is 9.41. The minimum atomic E-state index is -4.71. The van der Waals surface area contributed by atoms with Crippen molar-refractivity contribution in [3.63, 3.8) is 0 Å². The number of urea groups is 1. The second-order valence-corrected chi connectivity index (χ2v) is 12.1. The van der Waals surface area contributed by atoms with Gasteiger partial charge in [0.2, 0.25) is 11.8 Å². The van der Waals surface area contributed by atoms with Crippen molar-refractivity contribution < 1.29 is 40.7 Å². The highest BCUT2D eigenvalue weighted by Crippen LogP contribution is 2.47. The van der Waals surface area contributed by atoms with Crippen LogP contribution in [0.15, 0.2) is 0 Å². The minimum Gasteiger partial charge on any atom is -0.354 e. The molecule has 7 nitrogen and oxygen atoms in total. The van der Waals surface area contributed by atoms with Crippen LogP contribution in [0.1, 0.15) is 71.1 Å². The summed E-state index contributed by atoms with van der Waals surface area (Å²) in [4.78, 5) is 42.9. The Labute approximate surface area is 231 Å². The third-order valence-corrected chi connectivity index (χ3v) is 9.41. The fourth-order valence-corrected chi connectivity index (χ4v) is 7.28. The smallest absolute Gasteiger partial charge is 0.354 e. The molecule has 0 aromatic carbocycles. The molecule has 4 fully saturated rings. The average Bonchev–Trinajstić information content (AvgIpc) is 3.29. The number of carbonyl (C=O) groups is 3. The van der Waals surface area contributed by atoms with Crippen molar-refractivity contribution in [2.45, 2.75) is 95.6 Å². The molecule has 0 bridgehead atoms. The monoisotopic (exact) mass is 582 g/mol. The molecule has 0 spiro atoms. The molecule has 2 aliphatic carbocycles. The molecule has 0 aromatic rings. The molecule has 4 amide bonds. The van der Waals surface area contributed by atoms with Gasteiger partial charge in [-0.1, -0.05) is 19.3 Å². The van der Waals surface area contributed by atoms with Gasteiger partial charge in [-0.2, -0.15) is 26.3 Å². The third kappa shape index (κ3) is 7.23. The summed E-state index contributed by atoms with van der Waals surface area (Å²) in [7, 11) is 0. The number of rotatable bonds is 6. The lowest BCUT2D eigenvalue weighted by Crippen LogP contribution is -2.56. The number of amides is 4. The number of piperidine rings is 1. The van der Waals surface area contributed by atoms with Crippen molar-refractivity contribution in [3.8, 4) is 0 Å². The highest BCUT2D eigenvalue weighted by molar-refractivity contribution is 5.94. The number of nitrogens with zero attached hydrogens (tertiary/aromatic N) is 3. The second kappa shape index (κ2) is 12.4. The highest BCUT2D eigenvalue weighted by atomic mass is 19.4. The van der Waals surface area contributed by atoms with Gasteiger partial charge in [0, 0.05) is 45.7 Å². The highest BCUT2D eigenvalue weighted by Gasteiger charge is 2.52. The van der Waals surface area contributed by atoms with Crippen LogP contribution in [0.3, 0.4) is 0 Å². The van der Waals surface area contributed by atoms with E-state index in [0.717, 1.165) is 32.1 Å². The van der Waals surface area contributed by atoms with E-state index >= 15 is 0 Å². The van der Waals surface area contributed by atoms with Gasteiger partial charge in [-0.3, -0.25) is 19.4 Å². The fourth-order valence-electron chi connectivity index (χ4n) is 7.28. The van der Waals surface area contributed by atoms with Crippen LogP contribution >= 0.6 is 0 Å². The molecule has 3 atom stereocenters. The van der Waals surface area contributed by atoms with Gasteiger partial charge in [0.25, 0.3) is 0 Å². The summed E-state index contributed by atoms with van der Waals surface area (Å²) in [5.74, 6) is -5.53. The Morgan fingerprint density at radius 2 is 1.43 bits per heavy atom. The minimum absolute atomic E-state index is 0.0518. The molecular formula is C27H40F6N4O3. The number of nitrogens with one attached hydrogen (secondary N) is 1. The van der Waals surface area contributed by atoms with E-state index in [9.17, 15) is 40.7 Å². The Morgan fingerprint density at radius 3 is 1.93 bits per heavy atom. The standard InChI is InChI=1S/C27H40F6N4O3/c1-17(38)36-11-12-37(25(36)40)22-7-9-35(10-8-22)23(19-5-3-2-4-6-19)24(39)34-16-18-13-20(26(28,29)30)15-21(14-18)27(31,32)33/h18-23H,2-16H2,1H3,(H,34,39). The van der Waals surface area contributed by atoms with E-state index in [1.165, 1.54) is 11.8 Å². The molecule has 0 radical (unpaired) electrons. The van der Waals surface area contributed by atoms with E-state index < -0.39 is 55.4 Å². The molecular weight excluding hydrogens is 542 g/mol. The van der Waals surface area contributed by atoms with Gasteiger partial charge >= 0.3 is 18.4 Å². The first-order valence-electron chi connectivity index (χ1n) is 14.5. The van der Waals surface area contributed by atoms with E-state index in [4.69, 9.17) is 0 Å². The summed E-state index contributed by atoms with van der Waals surface area (Å²) in [5, 5.41) is 2.76. The van der Waals surface area contributed by atoms with Gasteiger partial charge in [0.05, 0.1) is 17.9 Å². The molecule has 0 aromatic heterocycles. The zero-order valence-corrected chi connectivity index (χ0v) is 22.9. The van der Waals surface area contributed by atoms with Crippen molar-refractivity contribution in [2.75, 3.05) is 32.7 Å². The number of hydrogen-bond donors (Lipinski definition) is 1. The van der Waals surface area contributed by atoms with E-state index in [1.807, 2.05) is 0 Å². The SMILES string of the molecule is CC(=O)N1CCN(C2CCN(C(C(=O)NCC3CC(C(F)(F)F)CC(C(F)(F)F)C3)C3CCCCC3)CC2)C1=O. The van der Waals surface area contributed by atoms with Crippen LogP contribution in [0.5, 0.6) is 0 Å². The molecule has 1 N–H and O–H groups in total. The predicted octanol–water partition coefficient (Wildman–Crippen LogP) is 4.96. The Morgan fingerprint density at radius 1 is 0.850 bits per heavy atom. The summed E-state index contributed by atoms with van der Waals surface area (Å²) in [6.07, 6.45) is -5.29. The number of imide groups is 1. The van der Waals surface area contributed by atoms with Gasteiger partial charge in [0.15, 0.2) is 0 Å². The first kappa shape index (κ1) is 30.9. The number of alkyl halides is 6. The molecule has 2 saturated heterocycles. The van der Waals surface area contributed by atoms with Gasteiger partial charge < -0.3 is 10.2 Å². The Balaban J connectivity index is 1.39. The first-order chi connectivity index (χ1) is 18.8. The van der Waals surface area contributed by atoms with Crippen molar-refractivity contribution in [1.29, 1.82) is 0 Å². The average molecular weight is 583 g/mol. The Kier molecular flexibility index (Phi) is 9.61. The molecule has 13 heteroatoms. The largest absolute Gasteiger partial charge is 0.391 e. The van der Waals surface area contributed by atoms with Crippen LogP contribution in [-0.2, 0) is 9.59 Å².